The Hall–Kier alpha value is -0.860. The fraction of sp³-hybridized carbons (Fsp3) is 0.885. The zero-order valence-corrected chi connectivity index (χ0v) is 19.6. The number of carbonyl (C=O) groups excluding carboxylic acids is 1. The van der Waals surface area contributed by atoms with Crippen molar-refractivity contribution in [1.82, 2.24) is 0 Å². The third-order valence-electron chi connectivity index (χ3n) is 5.66. The number of hydrogen-bond donors (Lipinski definition) is 0. The highest BCUT2D eigenvalue weighted by molar-refractivity contribution is 5.87. The Morgan fingerprint density at radius 2 is 1.10 bits per heavy atom. The van der Waals surface area contributed by atoms with Crippen LogP contribution >= 0.6 is 0 Å². The summed E-state index contributed by atoms with van der Waals surface area (Å²) in [5, 5.41) is 0. The lowest BCUT2D eigenvalue weighted by Gasteiger charge is -2.18. The van der Waals surface area contributed by atoms with Crippen molar-refractivity contribution in [2.45, 2.75) is 142 Å². The maximum absolute atomic E-state index is 12.0. The second kappa shape index (κ2) is 21.8. The van der Waals surface area contributed by atoms with Gasteiger partial charge >= 0.3 is 5.97 Å². The molecule has 0 fully saturated rings. The van der Waals surface area contributed by atoms with Crippen LogP contribution in [0, 0.1) is 0 Å². The van der Waals surface area contributed by atoms with Crippen LogP contribution in [0.3, 0.4) is 0 Å². The van der Waals surface area contributed by atoms with Gasteiger partial charge < -0.3 is 4.74 Å². The van der Waals surface area contributed by atoms with Crippen LogP contribution < -0.4 is 0 Å². The Kier molecular flexibility index (Phi) is 21.2. The topological polar surface area (TPSA) is 26.3 Å². The fourth-order valence-corrected chi connectivity index (χ4v) is 3.72. The summed E-state index contributed by atoms with van der Waals surface area (Å²) >= 11 is 0. The van der Waals surface area contributed by atoms with Gasteiger partial charge in [0.2, 0.25) is 0 Å². The van der Waals surface area contributed by atoms with E-state index in [0.29, 0.717) is 5.57 Å². The minimum absolute atomic E-state index is 0.0555. The number of hydrogen-bond acceptors (Lipinski definition) is 2. The molecule has 0 aromatic heterocycles. The Morgan fingerprint density at radius 1 is 0.724 bits per heavy atom. The van der Waals surface area contributed by atoms with Crippen molar-refractivity contribution in [3.63, 3.8) is 0 Å². The number of carbonyl (C=O) groups is 1. The maximum atomic E-state index is 12.0. The van der Waals surface area contributed by atoms with E-state index in [0.717, 1.165) is 38.5 Å². The molecule has 0 radical (unpaired) electrons. The molecule has 0 saturated carbocycles. The van der Waals surface area contributed by atoms with Crippen LogP contribution in [0.2, 0.25) is 0 Å². The molecule has 172 valence electrons. The molecule has 0 rings (SSSR count). The van der Waals surface area contributed by atoms with Gasteiger partial charge in [0.15, 0.2) is 0 Å². The minimum atomic E-state index is -0.233. The molecule has 2 nitrogen and oxygen atoms in total. The Balaban J connectivity index is 3.83. The van der Waals surface area contributed by atoms with Gasteiger partial charge in [0.05, 0.1) is 6.67 Å². The van der Waals surface area contributed by atoms with Crippen molar-refractivity contribution in [3.05, 3.63) is 12.2 Å². The number of alkyl halides is 1. The highest BCUT2D eigenvalue weighted by atomic mass is 19.1. The summed E-state index contributed by atoms with van der Waals surface area (Å²) in [6, 6.07) is 0. The summed E-state index contributed by atoms with van der Waals surface area (Å²) in [6.45, 7) is 7.52. The van der Waals surface area contributed by atoms with Crippen LogP contribution in [0.5, 0.6) is 0 Å². The zero-order chi connectivity index (χ0) is 21.6. The Morgan fingerprint density at radius 3 is 1.48 bits per heavy atom. The first-order chi connectivity index (χ1) is 14.1. The summed E-state index contributed by atoms with van der Waals surface area (Å²) < 4.78 is 17.7. The molecular weight excluding hydrogens is 363 g/mol. The molecule has 3 heteroatoms. The number of esters is 1. The first kappa shape index (κ1) is 28.1. The van der Waals surface area contributed by atoms with Gasteiger partial charge in [-0.25, -0.2) is 4.79 Å². The molecule has 0 bridgehead atoms. The Bertz CT molecular complexity index is 381. The summed E-state index contributed by atoms with van der Waals surface area (Å²) in [6.07, 6.45) is 22.7. The molecule has 0 N–H and O–H groups in total. The van der Waals surface area contributed by atoms with Gasteiger partial charge in [0.1, 0.15) is 6.10 Å². The molecule has 0 aromatic carbocycles. The van der Waals surface area contributed by atoms with Crippen molar-refractivity contribution in [2.75, 3.05) is 6.67 Å². The lowest BCUT2D eigenvalue weighted by Crippen LogP contribution is -2.18. The van der Waals surface area contributed by atoms with E-state index in [4.69, 9.17) is 4.74 Å². The molecule has 0 aliphatic rings. The standard InChI is InChI=1S/C26H49FO2/c1-4-5-6-7-8-12-15-18-21-25(29-26(28)24(2)3)22-19-16-13-10-9-11-14-17-20-23-27/h25H,2,4-23H2,1,3H3. The average Bonchev–Trinajstić information content (AvgIpc) is 2.70. The van der Waals surface area contributed by atoms with Crippen molar-refractivity contribution in [3.8, 4) is 0 Å². The van der Waals surface area contributed by atoms with E-state index >= 15 is 0 Å². The average molecular weight is 413 g/mol. The van der Waals surface area contributed by atoms with Gasteiger partial charge in [-0.3, -0.25) is 4.39 Å². The lowest BCUT2D eigenvalue weighted by molar-refractivity contribution is -0.145. The monoisotopic (exact) mass is 412 g/mol. The summed E-state index contributed by atoms with van der Waals surface area (Å²) in [4.78, 5) is 11.9. The number of unbranched alkanes of at least 4 members (excludes halogenated alkanes) is 15. The van der Waals surface area contributed by atoms with Crippen LogP contribution in [0.1, 0.15) is 136 Å². The Labute approximate surface area is 181 Å². The first-order valence-electron chi connectivity index (χ1n) is 12.5. The van der Waals surface area contributed by atoms with E-state index in [1.54, 1.807) is 6.92 Å². The molecule has 0 spiro atoms. The highest BCUT2D eigenvalue weighted by Crippen LogP contribution is 2.18. The lowest BCUT2D eigenvalue weighted by atomic mass is 10.0. The number of rotatable bonds is 22. The largest absolute Gasteiger partial charge is 0.459 e. The van der Waals surface area contributed by atoms with Crippen LogP contribution in [-0.4, -0.2) is 18.7 Å². The van der Waals surface area contributed by atoms with E-state index in [2.05, 4.69) is 13.5 Å². The van der Waals surface area contributed by atoms with Gasteiger partial charge in [-0.1, -0.05) is 103 Å². The van der Waals surface area contributed by atoms with Gasteiger partial charge in [-0.2, -0.15) is 0 Å². The summed E-state index contributed by atoms with van der Waals surface area (Å²) in [5.74, 6) is -0.233. The number of ether oxygens (including phenoxy) is 1. The van der Waals surface area contributed by atoms with Crippen LogP contribution in [0.4, 0.5) is 4.39 Å². The summed E-state index contributed by atoms with van der Waals surface area (Å²) in [5.41, 5.74) is 0.499. The van der Waals surface area contributed by atoms with Gasteiger partial charge in [0, 0.05) is 5.57 Å². The maximum Gasteiger partial charge on any atom is 0.333 e. The molecule has 0 aromatic rings. The second-order valence-corrected chi connectivity index (χ2v) is 8.73. The SMILES string of the molecule is C=C(C)C(=O)OC(CCCCCCCCCC)CCCCCCCCCCCF. The zero-order valence-electron chi connectivity index (χ0n) is 19.6. The predicted octanol–water partition coefficient (Wildman–Crippen LogP) is 8.88. The van der Waals surface area contributed by atoms with E-state index in [-0.39, 0.29) is 18.7 Å². The van der Waals surface area contributed by atoms with E-state index in [9.17, 15) is 9.18 Å². The van der Waals surface area contributed by atoms with Crippen molar-refractivity contribution in [2.24, 2.45) is 0 Å². The van der Waals surface area contributed by atoms with E-state index < -0.39 is 0 Å². The molecule has 0 aliphatic carbocycles. The first-order valence-corrected chi connectivity index (χ1v) is 12.5. The third kappa shape index (κ3) is 20.2. The molecule has 29 heavy (non-hydrogen) atoms. The molecule has 0 amide bonds. The second-order valence-electron chi connectivity index (χ2n) is 8.73. The highest BCUT2D eigenvalue weighted by Gasteiger charge is 2.14. The molecule has 1 unspecified atom stereocenters. The third-order valence-corrected chi connectivity index (χ3v) is 5.66. The molecule has 0 heterocycles. The molecule has 0 aliphatic heterocycles. The smallest absolute Gasteiger partial charge is 0.333 e. The normalized spacial score (nSPS) is 12.1. The molecular formula is C26H49FO2. The van der Waals surface area contributed by atoms with Crippen molar-refractivity contribution >= 4 is 5.97 Å². The van der Waals surface area contributed by atoms with E-state index in [1.807, 2.05) is 0 Å². The minimum Gasteiger partial charge on any atom is -0.459 e. The van der Waals surface area contributed by atoms with Gasteiger partial charge in [-0.05, 0) is 39.0 Å². The quantitative estimate of drug-likeness (QED) is 0.101. The molecule has 1 atom stereocenters. The van der Waals surface area contributed by atoms with Crippen LogP contribution in [-0.2, 0) is 9.53 Å². The predicted molar refractivity (Wildman–Crippen MR) is 124 cm³/mol. The number of halogens is 1. The van der Waals surface area contributed by atoms with E-state index in [1.165, 1.54) is 83.5 Å². The van der Waals surface area contributed by atoms with Crippen LogP contribution in [0.25, 0.3) is 0 Å². The van der Waals surface area contributed by atoms with Crippen molar-refractivity contribution < 1.29 is 13.9 Å². The van der Waals surface area contributed by atoms with Gasteiger partial charge in [0.25, 0.3) is 0 Å². The van der Waals surface area contributed by atoms with Gasteiger partial charge in [-0.15, -0.1) is 0 Å². The van der Waals surface area contributed by atoms with Crippen LogP contribution in [0.15, 0.2) is 12.2 Å². The fourth-order valence-electron chi connectivity index (χ4n) is 3.72. The molecule has 0 saturated heterocycles. The summed E-state index contributed by atoms with van der Waals surface area (Å²) in [7, 11) is 0. The van der Waals surface area contributed by atoms with Crippen molar-refractivity contribution in [1.29, 1.82) is 0 Å².